The first kappa shape index (κ1) is 45.8. The van der Waals surface area contributed by atoms with Crippen LogP contribution in [0.2, 0.25) is 0 Å². The van der Waals surface area contributed by atoms with Crippen LogP contribution in [0, 0.1) is 13.8 Å². The van der Waals surface area contributed by atoms with Gasteiger partial charge in [0.05, 0.1) is 25.5 Å². The van der Waals surface area contributed by atoms with Crippen LogP contribution < -0.4 is 11.1 Å². The minimum atomic E-state index is -1.71. The Kier molecular flexibility index (Phi) is 19.0. The van der Waals surface area contributed by atoms with Gasteiger partial charge in [-0.05, 0) is 69.2 Å². The number of nitrogens with zero attached hydrogens (tertiary/aromatic N) is 4. The smallest absolute Gasteiger partial charge is 0.411 e. The number of hydrogen-bond donors (Lipinski definition) is 3. The summed E-state index contributed by atoms with van der Waals surface area (Å²) in [6, 6.07) is 0.291. The van der Waals surface area contributed by atoms with E-state index in [0.29, 0.717) is 22.9 Å². The summed E-state index contributed by atoms with van der Waals surface area (Å²) in [5.41, 5.74) is 5.00. The Labute approximate surface area is 297 Å². The minimum Gasteiger partial charge on any atom is -0.479 e. The molecule has 0 saturated carbocycles. The van der Waals surface area contributed by atoms with Crippen molar-refractivity contribution < 1.29 is 61.9 Å². The van der Waals surface area contributed by atoms with Gasteiger partial charge >= 0.3 is 30.1 Å². The zero-order valence-electron chi connectivity index (χ0n) is 31.4. The van der Waals surface area contributed by atoms with E-state index in [1.165, 1.54) is 14.1 Å². The number of aryl methyl sites for hydroxylation is 2. The van der Waals surface area contributed by atoms with Gasteiger partial charge in [0.15, 0.2) is 0 Å². The van der Waals surface area contributed by atoms with Gasteiger partial charge in [0, 0.05) is 32.8 Å². The van der Waals surface area contributed by atoms with Gasteiger partial charge < -0.3 is 44.2 Å². The summed E-state index contributed by atoms with van der Waals surface area (Å²) in [6.07, 6.45) is -1.71. The van der Waals surface area contributed by atoms with Gasteiger partial charge in [0.25, 0.3) is 5.91 Å². The van der Waals surface area contributed by atoms with Gasteiger partial charge in [-0.2, -0.15) is 0 Å². The second-order valence-electron chi connectivity index (χ2n) is 12.6. The van der Waals surface area contributed by atoms with Crippen LogP contribution in [0.25, 0.3) is 0 Å². The number of amides is 3. The lowest BCUT2D eigenvalue weighted by Crippen LogP contribution is -2.53. The van der Waals surface area contributed by atoms with Gasteiger partial charge in [0.1, 0.15) is 28.4 Å². The molecule has 0 bridgehead atoms. The summed E-state index contributed by atoms with van der Waals surface area (Å²) in [5, 5.41) is 18.9. The molecule has 19 heteroatoms. The number of ether oxygens (including phenoxy) is 4. The molecule has 2 atom stereocenters. The Morgan fingerprint density at radius 3 is 1.49 bits per heavy atom. The van der Waals surface area contributed by atoms with Crippen LogP contribution in [-0.4, -0.2) is 112 Å². The van der Waals surface area contributed by atoms with Crippen LogP contribution in [0.3, 0.4) is 0 Å². The zero-order valence-corrected chi connectivity index (χ0v) is 31.4. The highest BCUT2D eigenvalue weighted by molar-refractivity contribution is 6.04. The molecule has 0 aromatic carbocycles. The number of aliphatic carboxylic acids is 1. The fraction of sp³-hybridized carbons (Fsp3) is 0.625. The normalized spacial score (nSPS) is 11.9. The van der Waals surface area contributed by atoms with E-state index < -0.39 is 59.3 Å². The first-order valence-corrected chi connectivity index (χ1v) is 15.8. The Morgan fingerprint density at radius 1 is 0.784 bits per heavy atom. The molecular formula is C32H52N6O13. The van der Waals surface area contributed by atoms with Crippen molar-refractivity contribution in [3.05, 3.63) is 35.0 Å². The van der Waals surface area contributed by atoms with Crippen molar-refractivity contribution in [1.82, 2.24) is 25.4 Å². The molecule has 19 nitrogen and oxygen atoms in total. The molecule has 3 amide bonds. The lowest BCUT2D eigenvalue weighted by molar-refractivity contribution is -0.159. The number of carboxylic acids is 1. The van der Waals surface area contributed by atoms with Gasteiger partial charge in [-0.1, -0.05) is 10.3 Å². The molecule has 0 radical (unpaired) electrons. The molecule has 2 heterocycles. The molecule has 0 aliphatic heterocycles. The van der Waals surface area contributed by atoms with Crippen LogP contribution in [0.5, 0.6) is 0 Å². The van der Waals surface area contributed by atoms with Gasteiger partial charge in [-0.25, -0.2) is 24.0 Å². The van der Waals surface area contributed by atoms with Crippen LogP contribution >= 0.6 is 0 Å². The number of carbonyl (C=O) groups excluding carboxylic acids is 5. The maximum Gasteiger partial charge on any atom is 0.411 e. The molecule has 51 heavy (non-hydrogen) atoms. The number of carbonyl (C=O) groups is 6. The summed E-state index contributed by atoms with van der Waals surface area (Å²) < 4.78 is 29.3. The predicted octanol–water partition coefficient (Wildman–Crippen LogP) is 2.71. The van der Waals surface area contributed by atoms with E-state index in [1.807, 2.05) is 13.0 Å². The van der Waals surface area contributed by atoms with Gasteiger partial charge in [0.2, 0.25) is 12.1 Å². The summed E-state index contributed by atoms with van der Waals surface area (Å²) in [5.74, 6) is -2.61. The zero-order chi connectivity index (χ0) is 39.7. The maximum atomic E-state index is 12.4. The summed E-state index contributed by atoms with van der Waals surface area (Å²) in [6.45, 7) is 17.3. The Hall–Kier alpha value is -5.20. The van der Waals surface area contributed by atoms with Crippen LogP contribution in [-0.2, 0) is 51.2 Å². The van der Waals surface area contributed by atoms with E-state index in [0.717, 1.165) is 16.4 Å². The van der Waals surface area contributed by atoms with Crippen LogP contribution in [0.4, 0.5) is 9.59 Å². The fourth-order valence-corrected chi connectivity index (χ4v) is 3.48. The van der Waals surface area contributed by atoms with Crippen LogP contribution in [0.1, 0.15) is 78.3 Å². The summed E-state index contributed by atoms with van der Waals surface area (Å²) in [7, 11) is 2.47. The molecule has 0 aliphatic carbocycles. The van der Waals surface area contributed by atoms with E-state index >= 15 is 0 Å². The average molecular weight is 729 g/mol. The van der Waals surface area contributed by atoms with Gasteiger partial charge in [-0.15, -0.1) is 0 Å². The molecule has 0 spiro atoms. The number of esters is 2. The van der Waals surface area contributed by atoms with Crippen molar-refractivity contribution in [3.63, 3.8) is 0 Å². The SMILES string of the molecule is CCOC(=O)C(C(=O)NCc1cc(C)on1)N(C)C(=O)OC(C)(C)C.CCOC(=O)C(C(=O)O)N(C)C(=O)OC(C)(C)C.Cc1cc(CN)no1. The van der Waals surface area contributed by atoms with E-state index in [4.69, 9.17) is 34.1 Å². The second-order valence-corrected chi connectivity index (χ2v) is 12.6. The average Bonchev–Trinajstić information content (AvgIpc) is 3.62. The largest absolute Gasteiger partial charge is 0.479 e. The van der Waals surface area contributed by atoms with Crippen molar-refractivity contribution in [2.24, 2.45) is 5.73 Å². The number of nitrogens with one attached hydrogen (secondary N) is 1. The monoisotopic (exact) mass is 728 g/mol. The summed E-state index contributed by atoms with van der Waals surface area (Å²) in [4.78, 5) is 72.4. The molecule has 288 valence electrons. The lowest BCUT2D eigenvalue weighted by atomic mass is 10.2. The molecule has 2 aromatic rings. The number of likely N-dealkylation sites (N-methyl/N-ethyl adjacent to an activating group) is 2. The van der Waals surface area contributed by atoms with Crippen molar-refractivity contribution in [2.75, 3.05) is 27.3 Å². The maximum absolute atomic E-state index is 12.4. The molecule has 2 rings (SSSR count). The molecule has 2 aromatic heterocycles. The second kappa shape index (κ2) is 21.1. The first-order valence-electron chi connectivity index (χ1n) is 15.8. The third-order valence-electron chi connectivity index (χ3n) is 5.65. The fourth-order valence-electron chi connectivity index (χ4n) is 3.48. The van der Waals surface area contributed by atoms with Crippen molar-refractivity contribution >= 4 is 36.0 Å². The Balaban J connectivity index is 0.000000831. The van der Waals surface area contributed by atoms with Gasteiger partial charge in [-0.3, -0.25) is 14.6 Å². The number of nitrogens with two attached hydrogens (primary N) is 1. The topological polar surface area (TPSA) is 256 Å². The number of hydrogen-bond acceptors (Lipinski definition) is 15. The Morgan fingerprint density at radius 2 is 1.18 bits per heavy atom. The molecule has 0 aliphatic rings. The van der Waals surface area contributed by atoms with Crippen molar-refractivity contribution in [1.29, 1.82) is 0 Å². The molecule has 2 unspecified atom stereocenters. The van der Waals surface area contributed by atoms with E-state index in [1.54, 1.807) is 68.4 Å². The highest BCUT2D eigenvalue weighted by Crippen LogP contribution is 2.13. The highest BCUT2D eigenvalue weighted by atomic mass is 16.6. The molecule has 0 fully saturated rings. The van der Waals surface area contributed by atoms with E-state index in [9.17, 15) is 28.8 Å². The predicted molar refractivity (Wildman–Crippen MR) is 179 cm³/mol. The molecule has 4 N–H and O–H groups in total. The number of aromatic nitrogens is 2. The quantitative estimate of drug-likeness (QED) is 0.171. The van der Waals surface area contributed by atoms with E-state index in [2.05, 4.69) is 20.4 Å². The number of rotatable bonds is 11. The van der Waals surface area contributed by atoms with Crippen LogP contribution in [0.15, 0.2) is 21.2 Å². The lowest BCUT2D eigenvalue weighted by Gasteiger charge is -2.28. The molecular weight excluding hydrogens is 676 g/mol. The number of carboxylic acid groups (broad SMARTS) is 1. The highest BCUT2D eigenvalue weighted by Gasteiger charge is 2.38. The van der Waals surface area contributed by atoms with Crippen molar-refractivity contribution in [3.8, 4) is 0 Å². The Bertz CT molecular complexity index is 1440. The third-order valence-corrected chi connectivity index (χ3v) is 5.65. The standard InChI is InChI=1S/C16H25N3O6.C11H19NO6.C5H8N2O/c1-7-23-14(21)12(19(6)15(22)24-16(3,4)5)13(20)17-9-11-8-10(2)25-18-11;1-6-17-9(15)7(8(13)14)12(5)10(16)18-11(2,3)4;1-4-2-5(3-6)7-8-4/h8,12H,7,9H2,1-6H3,(H,17,20);7H,6H2,1-5H3,(H,13,14);2H,3,6H2,1H3. The van der Waals surface area contributed by atoms with E-state index in [-0.39, 0.29) is 19.8 Å². The molecule has 0 saturated heterocycles. The summed E-state index contributed by atoms with van der Waals surface area (Å²) >= 11 is 0. The first-order chi connectivity index (χ1) is 23.5. The van der Waals surface area contributed by atoms with Crippen molar-refractivity contribution in [2.45, 2.75) is 106 Å². The minimum absolute atomic E-state index is 0.0325. The third kappa shape index (κ3) is 17.9.